The molecule has 0 atom stereocenters. The maximum atomic E-state index is 12.0. The standard InChI is InChI=1S/C11H18N4O2/c1-8-7-9(14-11(12-2)13-8)10(16)15(3)5-6-17-4/h7H,5-6H2,1-4H3,(H,12,13,14). The minimum absolute atomic E-state index is 0.135. The fourth-order valence-corrected chi connectivity index (χ4v) is 1.32. The smallest absolute Gasteiger partial charge is 0.272 e. The molecule has 6 nitrogen and oxygen atoms in total. The van der Waals surface area contributed by atoms with E-state index in [0.29, 0.717) is 24.8 Å². The molecule has 0 spiro atoms. The van der Waals surface area contributed by atoms with Crippen molar-refractivity contribution in [2.24, 2.45) is 0 Å². The van der Waals surface area contributed by atoms with Crippen molar-refractivity contribution in [3.63, 3.8) is 0 Å². The number of carbonyl (C=O) groups excluding carboxylic acids is 1. The summed E-state index contributed by atoms with van der Waals surface area (Å²) in [7, 11) is 5.04. The maximum absolute atomic E-state index is 12.0. The summed E-state index contributed by atoms with van der Waals surface area (Å²) in [5.41, 5.74) is 1.15. The molecule has 0 fully saturated rings. The van der Waals surface area contributed by atoms with Crippen LogP contribution in [0.5, 0.6) is 0 Å². The van der Waals surface area contributed by atoms with Crippen LogP contribution in [0.4, 0.5) is 5.95 Å². The van der Waals surface area contributed by atoms with Gasteiger partial charge in [-0.1, -0.05) is 0 Å². The molecular weight excluding hydrogens is 220 g/mol. The summed E-state index contributed by atoms with van der Waals surface area (Å²) in [5, 5.41) is 2.83. The number of methoxy groups -OCH3 is 1. The van der Waals surface area contributed by atoms with Crippen molar-refractivity contribution in [3.05, 3.63) is 17.5 Å². The van der Waals surface area contributed by atoms with E-state index >= 15 is 0 Å². The van der Waals surface area contributed by atoms with Crippen LogP contribution in [-0.2, 0) is 4.74 Å². The number of nitrogens with zero attached hydrogens (tertiary/aromatic N) is 3. The molecule has 0 saturated heterocycles. The second kappa shape index (κ2) is 6.15. The summed E-state index contributed by atoms with van der Waals surface area (Å²) < 4.78 is 4.93. The SMILES string of the molecule is CNc1nc(C)cc(C(=O)N(C)CCOC)n1. The fourth-order valence-electron chi connectivity index (χ4n) is 1.32. The van der Waals surface area contributed by atoms with Gasteiger partial charge in [0.25, 0.3) is 5.91 Å². The second-order valence-electron chi connectivity index (χ2n) is 3.69. The van der Waals surface area contributed by atoms with E-state index in [1.807, 2.05) is 6.92 Å². The van der Waals surface area contributed by atoms with E-state index in [4.69, 9.17) is 4.74 Å². The molecule has 0 unspecified atom stereocenters. The Morgan fingerprint density at radius 2 is 2.24 bits per heavy atom. The van der Waals surface area contributed by atoms with E-state index in [-0.39, 0.29) is 5.91 Å². The van der Waals surface area contributed by atoms with Gasteiger partial charge in [-0.25, -0.2) is 9.97 Å². The molecular formula is C11H18N4O2. The van der Waals surface area contributed by atoms with Crippen LogP contribution in [-0.4, -0.2) is 55.1 Å². The number of anilines is 1. The minimum atomic E-state index is -0.135. The van der Waals surface area contributed by atoms with Crippen LogP contribution in [0.3, 0.4) is 0 Å². The highest BCUT2D eigenvalue weighted by atomic mass is 16.5. The van der Waals surface area contributed by atoms with Crippen LogP contribution in [0.2, 0.25) is 0 Å². The first-order valence-corrected chi connectivity index (χ1v) is 5.36. The first kappa shape index (κ1) is 13.4. The van der Waals surface area contributed by atoms with Gasteiger partial charge >= 0.3 is 0 Å². The molecule has 0 radical (unpaired) electrons. The van der Waals surface area contributed by atoms with Gasteiger partial charge in [0.05, 0.1) is 6.61 Å². The highest BCUT2D eigenvalue weighted by Crippen LogP contribution is 2.06. The predicted molar refractivity (Wildman–Crippen MR) is 65.2 cm³/mol. The number of aromatic nitrogens is 2. The number of ether oxygens (including phenoxy) is 1. The molecule has 1 aromatic heterocycles. The molecule has 1 aromatic rings. The van der Waals surface area contributed by atoms with E-state index in [1.54, 1.807) is 32.2 Å². The largest absolute Gasteiger partial charge is 0.383 e. The number of rotatable bonds is 5. The molecule has 1 rings (SSSR count). The molecule has 1 N–H and O–H groups in total. The lowest BCUT2D eigenvalue weighted by molar-refractivity contribution is 0.0738. The van der Waals surface area contributed by atoms with Gasteiger partial charge in [0, 0.05) is 33.4 Å². The van der Waals surface area contributed by atoms with Gasteiger partial charge in [0.15, 0.2) is 0 Å². The number of hydrogen-bond acceptors (Lipinski definition) is 5. The first-order chi connectivity index (χ1) is 8.08. The number of nitrogens with one attached hydrogen (secondary N) is 1. The van der Waals surface area contributed by atoms with Crippen LogP contribution in [0.1, 0.15) is 16.2 Å². The number of carbonyl (C=O) groups is 1. The summed E-state index contributed by atoms with van der Waals surface area (Å²) >= 11 is 0. The Balaban J connectivity index is 2.84. The van der Waals surface area contributed by atoms with Gasteiger partial charge in [-0.3, -0.25) is 4.79 Å². The van der Waals surface area contributed by atoms with E-state index in [0.717, 1.165) is 5.69 Å². The van der Waals surface area contributed by atoms with Crippen molar-refractivity contribution in [2.75, 3.05) is 39.7 Å². The zero-order valence-electron chi connectivity index (χ0n) is 10.6. The predicted octanol–water partition coefficient (Wildman–Crippen LogP) is 0.545. The zero-order valence-corrected chi connectivity index (χ0v) is 10.6. The molecule has 0 aliphatic rings. The Morgan fingerprint density at radius 1 is 1.53 bits per heavy atom. The topological polar surface area (TPSA) is 67.4 Å². The number of likely N-dealkylation sites (N-methyl/N-ethyl adjacent to an activating group) is 1. The Labute approximate surface area is 101 Å². The Morgan fingerprint density at radius 3 is 2.82 bits per heavy atom. The molecule has 17 heavy (non-hydrogen) atoms. The molecule has 94 valence electrons. The first-order valence-electron chi connectivity index (χ1n) is 5.36. The number of amides is 1. The van der Waals surface area contributed by atoms with Crippen molar-refractivity contribution in [1.29, 1.82) is 0 Å². The van der Waals surface area contributed by atoms with Crippen LogP contribution >= 0.6 is 0 Å². The van der Waals surface area contributed by atoms with Crippen molar-refractivity contribution >= 4 is 11.9 Å². The molecule has 1 amide bonds. The Bertz CT molecular complexity index is 395. The molecule has 0 aromatic carbocycles. The summed E-state index contributed by atoms with van der Waals surface area (Å²) in [6.07, 6.45) is 0. The lowest BCUT2D eigenvalue weighted by Gasteiger charge is -2.16. The molecule has 0 saturated carbocycles. The Kier molecular flexibility index (Phi) is 4.84. The zero-order chi connectivity index (χ0) is 12.8. The van der Waals surface area contributed by atoms with Crippen LogP contribution in [0.25, 0.3) is 0 Å². The normalized spacial score (nSPS) is 10.1. The lowest BCUT2D eigenvalue weighted by atomic mass is 10.3. The second-order valence-corrected chi connectivity index (χ2v) is 3.69. The summed E-state index contributed by atoms with van der Waals surface area (Å²) in [6.45, 7) is 2.87. The van der Waals surface area contributed by atoms with E-state index in [9.17, 15) is 4.79 Å². The third-order valence-corrected chi connectivity index (χ3v) is 2.27. The average Bonchev–Trinajstić information content (AvgIpc) is 2.34. The van der Waals surface area contributed by atoms with E-state index < -0.39 is 0 Å². The summed E-state index contributed by atoms with van der Waals surface area (Å²) in [6, 6.07) is 1.67. The highest BCUT2D eigenvalue weighted by molar-refractivity contribution is 5.92. The summed E-state index contributed by atoms with van der Waals surface area (Å²) in [4.78, 5) is 21.9. The summed E-state index contributed by atoms with van der Waals surface area (Å²) in [5.74, 6) is 0.317. The molecule has 0 aliphatic heterocycles. The third-order valence-electron chi connectivity index (χ3n) is 2.27. The van der Waals surface area contributed by atoms with Crippen LogP contribution < -0.4 is 5.32 Å². The van der Waals surface area contributed by atoms with Crippen molar-refractivity contribution < 1.29 is 9.53 Å². The van der Waals surface area contributed by atoms with E-state index in [2.05, 4.69) is 15.3 Å². The van der Waals surface area contributed by atoms with Gasteiger partial charge in [0.1, 0.15) is 5.69 Å². The minimum Gasteiger partial charge on any atom is -0.383 e. The Hall–Kier alpha value is -1.69. The third kappa shape index (κ3) is 3.67. The fraction of sp³-hybridized carbons (Fsp3) is 0.545. The van der Waals surface area contributed by atoms with Crippen molar-refractivity contribution in [3.8, 4) is 0 Å². The monoisotopic (exact) mass is 238 g/mol. The van der Waals surface area contributed by atoms with Gasteiger partial charge in [-0.05, 0) is 13.0 Å². The molecule has 6 heteroatoms. The lowest BCUT2D eigenvalue weighted by Crippen LogP contribution is -2.30. The number of aryl methyl sites for hydroxylation is 1. The number of hydrogen-bond donors (Lipinski definition) is 1. The molecule has 1 heterocycles. The van der Waals surface area contributed by atoms with Gasteiger partial charge in [-0.15, -0.1) is 0 Å². The maximum Gasteiger partial charge on any atom is 0.272 e. The quantitative estimate of drug-likeness (QED) is 0.811. The van der Waals surface area contributed by atoms with Crippen molar-refractivity contribution in [2.45, 2.75) is 6.92 Å². The van der Waals surface area contributed by atoms with Gasteiger partial charge in [0.2, 0.25) is 5.95 Å². The average molecular weight is 238 g/mol. The van der Waals surface area contributed by atoms with Gasteiger partial charge in [-0.2, -0.15) is 0 Å². The highest BCUT2D eigenvalue weighted by Gasteiger charge is 2.14. The van der Waals surface area contributed by atoms with Crippen molar-refractivity contribution in [1.82, 2.24) is 14.9 Å². The van der Waals surface area contributed by atoms with Gasteiger partial charge < -0.3 is 15.0 Å². The molecule has 0 bridgehead atoms. The molecule has 0 aliphatic carbocycles. The van der Waals surface area contributed by atoms with Crippen LogP contribution in [0, 0.1) is 6.92 Å². The van der Waals surface area contributed by atoms with E-state index in [1.165, 1.54) is 0 Å². The van der Waals surface area contributed by atoms with Crippen LogP contribution in [0.15, 0.2) is 6.07 Å².